The minimum Gasteiger partial charge on any atom is -0.386 e. The maximum absolute atomic E-state index is 14.7. The van der Waals surface area contributed by atoms with Crippen molar-refractivity contribution in [3.63, 3.8) is 0 Å². The zero-order valence-electron chi connectivity index (χ0n) is 17.3. The van der Waals surface area contributed by atoms with Gasteiger partial charge in [-0.1, -0.05) is 0 Å². The van der Waals surface area contributed by atoms with Crippen LogP contribution in [-0.4, -0.2) is 26.3 Å². The minimum atomic E-state index is -1.42. The first kappa shape index (κ1) is 22.7. The van der Waals surface area contributed by atoms with Crippen LogP contribution in [0.3, 0.4) is 0 Å². The monoisotopic (exact) mass is 448 g/mol. The SMILES string of the molecule is CC(C)(O)c1cc(F)c(-c2cc(C(N)=O)c(Nc3ccc(C(C)(C)O)nn3)s2)c(F)c1. The van der Waals surface area contributed by atoms with Gasteiger partial charge in [0.05, 0.1) is 22.4 Å². The molecule has 0 aliphatic heterocycles. The molecule has 2 aromatic heterocycles. The Kier molecular flexibility index (Phi) is 5.83. The summed E-state index contributed by atoms with van der Waals surface area (Å²) in [5.74, 6) is -2.30. The lowest BCUT2D eigenvalue weighted by Crippen LogP contribution is -2.18. The summed E-state index contributed by atoms with van der Waals surface area (Å²) < 4.78 is 29.5. The Morgan fingerprint density at radius 3 is 2.10 bits per heavy atom. The molecule has 0 fully saturated rings. The van der Waals surface area contributed by atoms with E-state index in [0.29, 0.717) is 5.69 Å². The third-order valence-electron chi connectivity index (χ3n) is 4.53. The molecule has 3 aromatic rings. The van der Waals surface area contributed by atoms with Crippen LogP contribution in [-0.2, 0) is 11.2 Å². The number of carbonyl (C=O) groups is 1. The molecule has 7 nitrogen and oxygen atoms in total. The van der Waals surface area contributed by atoms with E-state index in [1.165, 1.54) is 19.9 Å². The molecule has 0 saturated heterocycles. The number of nitrogens with zero attached hydrogens (tertiary/aromatic N) is 2. The number of rotatable bonds is 6. The lowest BCUT2D eigenvalue weighted by molar-refractivity contribution is 0.0728. The van der Waals surface area contributed by atoms with Gasteiger partial charge in [-0.15, -0.1) is 16.4 Å². The standard InChI is InChI=1S/C21H22F2N4O3S/c1-20(2,29)10-7-12(22)17(13(23)8-10)14-9-11(18(24)28)19(31-14)25-16-6-5-15(26-27-16)21(3,4)30/h5-9,29-30H,1-4H3,(H2,24,28)(H,25,27). The second-order valence-electron chi connectivity index (χ2n) is 8.08. The summed E-state index contributed by atoms with van der Waals surface area (Å²) in [4.78, 5) is 12.0. The van der Waals surface area contributed by atoms with E-state index >= 15 is 0 Å². The van der Waals surface area contributed by atoms with Crippen LogP contribution in [0.1, 0.15) is 49.3 Å². The van der Waals surface area contributed by atoms with Crippen molar-refractivity contribution in [2.24, 2.45) is 5.73 Å². The number of hydrogen-bond acceptors (Lipinski definition) is 7. The van der Waals surface area contributed by atoms with E-state index in [4.69, 9.17) is 5.73 Å². The van der Waals surface area contributed by atoms with Crippen LogP contribution in [0.2, 0.25) is 0 Å². The number of carbonyl (C=O) groups excluding carboxylic acids is 1. The Morgan fingerprint density at radius 2 is 1.65 bits per heavy atom. The molecule has 0 aliphatic carbocycles. The van der Waals surface area contributed by atoms with Crippen LogP contribution in [0.25, 0.3) is 10.4 Å². The smallest absolute Gasteiger partial charge is 0.251 e. The van der Waals surface area contributed by atoms with E-state index in [1.807, 2.05) is 0 Å². The predicted molar refractivity (Wildman–Crippen MR) is 114 cm³/mol. The third kappa shape index (κ3) is 4.87. The Labute approximate surface area is 181 Å². The Bertz CT molecular complexity index is 1110. The lowest BCUT2D eigenvalue weighted by Gasteiger charge is -2.18. The zero-order valence-corrected chi connectivity index (χ0v) is 18.1. The Balaban J connectivity index is 2.01. The molecule has 0 spiro atoms. The van der Waals surface area contributed by atoms with Gasteiger partial charge in [0, 0.05) is 4.88 Å². The molecule has 0 saturated carbocycles. The summed E-state index contributed by atoms with van der Waals surface area (Å²) in [6, 6.07) is 6.50. The summed E-state index contributed by atoms with van der Waals surface area (Å²) in [6.07, 6.45) is 0. The number of aliphatic hydroxyl groups is 2. The van der Waals surface area contributed by atoms with Crippen molar-refractivity contribution in [3.05, 3.63) is 58.8 Å². The third-order valence-corrected chi connectivity index (χ3v) is 5.59. The molecule has 10 heteroatoms. The number of benzene rings is 1. The van der Waals surface area contributed by atoms with E-state index in [9.17, 15) is 23.8 Å². The largest absolute Gasteiger partial charge is 0.386 e. The van der Waals surface area contributed by atoms with Gasteiger partial charge in [0.2, 0.25) is 0 Å². The number of anilines is 2. The Morgan fingerprint density at radius 1 is 1.03 bits per heavy atom. The van der Waals surface area contributed by atoms with Gasteiger partial charge in [0.25, 0.3) is 5.91 Å². The van der Waals surface area contributed by atoms with Gasteiger partial charge < -0.3 is 21.3 Å². The van der Waals surface area contributed by atoms with Gasteiger partial charge >= 0.3 is 0 Å². The second kappa shape index (κ2) is 7.95. The number of thiophene rings is 1. The van der Waals surface area contributed by atoms with Crippen LogP contribution in [0.5, 0.6) is 0 Å². The van der Waals surface area contributed by atoms with Crippen LogP contribution in [0.4, 0.5) is 19.6 Å². The van der Waals surface area contributed by atoms with E-state index in [2.05, 4.69) is 15.5 Å². The first-order valence-corrected chi connectivity index (χ1v) is 10.1. The van der Waals surface area contributed by atoms with Crippen LogP contribution >= 0.6 is 11.3 Å². The molecule has 31 heavy (non-hydrogen) atoms. The summed E-state index contributed by atoms with van der Waals surface area (Å²) in [5, 5.41) is 31.0. The number of aromatic nitrogens is 2. The van der Waals surface area contributed by atoms with E-state index in [1.54, 1.807) is 26.0 Å². The van der Waals surface area contributed by atoms with Gasteiger partial charge in [0.1, 0.15) is 22.2 Å². The van der Waals surface area contributed by atoms with Crippen LogP contribution in [0, 0.1) is 11.6 Å². The molecule has 0 radical (unpaired) electrons. The molecule has 164 valence electrons. The molecule has 1 aromatic carbocycles. The molecule has 0 aliphatic rings. The highest BCUT2D eigenvalue weighted by molar-refractivity contribution is 7.20. The number of nitrogens with two attached hydrogens (primary N) is 1. The Hall–Kier alpha value is -2.95. The molecule has 0 unspecified atom stereocenters. The zero-order chi connectivity index (χ0) is 23.1. The van der Waals surface area contributed by atoms with Gasteiger partial charge in [0.15, 0.2) is 5.82 Å². The number of primary amides is 1. The predicted octanol–water partition coefficient (Wildman–Crippen LogP) is 3.78. The highest BCUT2D eigenvalue weighted by Crippen LogP contribution is 2.40. The quantitative estimate of drug-likeness (QED) is 0.455. The molecule has 0 bridgehead atoms. The van der Waals surface area contributed by atoms with Crippen molar-refractivity contribution in [1.29, 1.82) is 0 Å². The molecular formula is C21H22F2N4O3S. The topological polar surface area (TPSA) is 121 Å². The maximum Gasteiger partial charge on any atom is 0.251 e. The van der Waals surface area contributed by atoms with Gasteiger partial charge in [-0.25, -0.2) is 8.78 Å². The van der Waals surface area contributed by atoms with Crippen molar-refractivity contribution >= 4 is 28.1 Å². The summed E-state index contributed by atoms with van der Waals surface area (Å²) in [7, 11) is 0. The minimum absolute atomic E-state index is 0.0266. The number of hydrogen-bond donors (Lipinski definition) is 4. The first-order valence-electron chi connectivity index (χ1n) is 9.27. The van der Waals surface area contributed by atoms with Crippen molar-refractivity contribution in [3.8, 4) is 10.4 Å². The number of halogens is 2. The van der Waals surface area contributed by atoms with Crippen LogP contribution in [0.15, 0.2) is 30.3 Å². The van der Waals surface area contributed by atoms with Gasteiger partial charge in [-0.2, -0.15) is 5.10 Å². The summed E-state index contributed by atoms with van der Waals surface area (Å²) in [6.45, 7) is 5.97. The summed E-state index contributed by atoms with van der Waals surface area (Å²) in [5.41, 5.74) is 2.95. The maximum atomic E-state index is 14.7. The van der Waals surface area contributed by atoms with Crippen molar-refractivity contribution in [1.82, 2.24) is 10.2 Å². The van der Waals surface area contributed by atoms with Crippen molar-refractivity contribution < 1.29 is 23.8 Å². The number of nitrogens with one attached hydrogen (secondary N) is 1. The molecule has 3 rings (SSSR count). The highest BCUT2D eigenvalue weighted by atomic mass is 32.1. The fourth-order valence-corrected chi connectivity index (χ4v) is 3.91. The fourth-order valence-electron chi connectivity index (χ4n) is 2.79. The lowest BCUT2D eigenvalue weighted by atomic mass is 9.96. The fraction of sp³-hybridized carbons (Fsp3) is 0.286. The molecule has 2 heterocycles. The van der Waals surface area contributed by atoms with E-state index in [0.717, 1.165) is 23.5 Å². The van der Waals surface area contributed by atoms with Crippen molar-refractivity contribution in [2.45, 2.75) is 38.9 Å². The number of amides is 1. The highest BCUT2D eigenvalue weighted by Gasteiger charge is 2.25. The molecular weight excluding hydrogens is 426 g/mol. The second-order valence-corrected chi connectivity index (χ2v) is 9.13. The molecule has 5 N–H and O–H groups in total. The first-order chi connectivity index (χ1) is 14.3. The average Bonchev–Trinajstić information content (AvgIpc) is 3.03. The van der Waals surface area contributed by atoms with Crippen molar-refractivity contribution in [2.75, 3.05) is 5.32 Å². The van der Waals surface area contributed by atoms with Crippen LogP contribution < -0.4 is 11.1 Å². The van der Waals surface area contributed by atoms with E-state index in [-0.39, 0.29) is 32.4 Å². The summed E-state index contributed by atoms with van der Waals surface area (Å²) >= 11 is 0.916. The van der Waals surface area contributed by atoms with E-state index < -0.39 is 28.7 Å². The molecule has 0 atom stereocenters. The molecule has 1 amide bonds. The normalized spacial score (nSPS) is 12.1. The van der Waals surface area contributed by atoms with Gasteiger partial charge in [-0.05, 0) is 63.6 Å². The average molecular weight is 448 g/mol. The van der Waals surface area contributed by atoms with Gasteiger partial charge in [-0.3, -0.25) is 4.79 Å².